The quantitative estimate of drug-likeness (QED) is 0.818. The number of benzene rings is 1. The van der Waals surface area contributed by atoms with E-state index >= 15 is 0 Å². The molecular weight excluding hydrogens is 236 g/mol. The zero-order valence-electron chi connectivity index (χ0n) is 13.2. The van der Waals surface area contributed by atoms with Crippen LogP contribution in [0.5, 0.6) is 5.75 Å². The predicted octanol–water partition coefficient (Wildman–Crippen LogP) is 3.16. The van der Waals surface area contributed by atoms with Crippen molar-refractivity contribution < 1.29 is 4.74 Å². The third kappa shape index (κ3) is 4.13. The normalized spacial score (nSPS) is 13.2. The van der Waals surface area contributed by atoms with Crippen molar-refractivity contribution in [3.63, 3.8) is 0 Å². The van der Waals surface area contributed by atoms with Gasteiger partial charge in [0.2, 0.25) is 0 Å². The number of nitrogens with one attached hydrogen (secondary N) is 1. The fourth-order valence-corrected chi connectivity index (χ4v) is 2.36. The molecular formula is C16H28N2O. The molecule has 0 saturated heterocycles. The number of para-hydroxylation sites is 2. The molecule has 3 nitrogen and oxygen atoms in total. The van der Waals surface area contributed by atoms with Crippen molar-refractivity contribution in [1.82, 2.24) is 5.32 Å². The highest BCUT2D eigenvalue weighted by molar-refractivity contribution is 5.58. The standard InChI is InChI=1S/C16H28N2O/c1-7-17-13(2)16(3,4)12-18(5)14-10-8-9-11-15(14)19-6/h8-11,13,17H,7,12H2,1-6H3. The third-order valence-corrected chi connectivity index (χ3v) is 3.82. The molecule has 0 bridgehead atoms. The highest BCUT2D eigenvalue weighted by Gasteiger charge is 2.27. The molecule has 108 valence electrons. The van der Waals surface area contributed by atoms with Crippen molar-refractivity contribution in [2.45, 2.75) is 33.7 Å². The van der Waals surface area contributed by atoms with E-state index in [1.807, 2.05) is 12.1 Å². The number of nitrogens with zero attached hydrogens (tertiary/aromatic N) is 1. The Balaban J connectivity index is 2.81. The van der Waals surface area contributed by atoms with E-state index in [9.17, 15) is 0 Å². The zero-order chi connectivity index (χ0) is 14.5. The summed E-state index contributed by atoms with van der Waals surface area (Å²) in [6, 6.07) is 8.63. The Labute approximate surface area is 118 Å². The summed E-state index contributed by atoms with van der Waals surface area (Å²) >= 11 is 0. The van der Waals surface area contributed by atoms with Crippen LogP contribution < -0.4 is 15.0 Å². The number of ether oxygens (including phenoxy) is 1. The maximum atomic E-state index is 5.43. The lowest BCUT2D eigenvalue weighted by molar-refractivity contribution is 0.266. The Morgan fingerprint density at radius 2 is 1.95 bits per heavy atom. The van der Waals surface area contributed by atoms with E-state index in [-0.39, 0.29) is 5.41 Å². The molecule has 1 aromatic rings. The van der Waals surface area contributed by atoms with Crippen LogP contribution in [0.25, 0.3) is 0 Å². The second-order valence-corrected chi connectivity index (χ2v) is 5.80. The van der Waals surface area contributed by atoms with Crippen LogP contribution >= 0.6 is 0 Å². The van der Waals surface area contributed by atoms with E-state index in [4.69, 9.17) is 4.74 Å². The van der Waals surface area contributed by atoms with Crippen LogP contribution in [0.1, 0.15) is 27.7 Å². The summed E-state index contributed by atoms with van der Waals surface area (Å²) in [6.45, 7) is 11.0. The van der Waals surface area contributed by atoms with Crippen LogP contribution in [0.2, 0.25) is 0 Å². The Hall–Kier alpha value is -1.22. The van der Waals surface area contributed by atoms with Gasteiger partial charge in [-0.1, -0.05) is 32.9 Å². The molecule has 0 fully saturated rings. The molecule has 0 heterocycles. The van der Waals surface area contributed by atoms with Gasteiger partial charge in [0.25, 0.3) is 0 Å². The van der Waals surface area contributed by atoms with Gasteiger partial charge in [-0.3, -0.25) is 0 Å². The average molecular weight is 264 g/mol. The van der Waals surface area contributed by atoms with E-state index in [0.717, 1.165) is 24.5 Å². The lowest BCUT2D eigenvalue weighted by Gasteiger charge is -2.37. The lowest BCUT2D eigenvalue weighted by Crippen LogP contribution is -2.46. The van der Waals surface area contributed by atoms with Gasteiger partial charge in [0.15, 0.2) is 0 Å². The molecule has 1 atom stereocenters. The van der Waals surface area contributed by atoms with Gasteiger partial charge in [-0.25, -0.2) is 0 Å². The van der Waals surface area contributed by atoms with Gasteiger partial charge in [0.05, 0.1) is 12.8 Å². The first-order valence-corrected chi connectivity index (χ1v) is 7.00. The summed E-state index contributed by atoms with van der Waals surface area (Å²) in [6.07, 6.45) is 0. The molecule has 1 unspecified atom stereocenters. The summed E-state index contributed by atoms with van der Waals surface area (Å²) in [5.74, 6) is 0.928. The van der Waals surface area contributed by atoms with Crippen LogP contribution in [-0.4, -0.2) is 33.3 Å². The van der Waals surface area contributed by atoms with Crippen molar-refractivity contribution in [2.75, 3.05) is 32.1 Å². The highest BCUT2D eigenvalue weighted by Crippen LogP contribution is 2.30. The minimum atomic E-state index is 0.186. The first kappa shape index (κ1) is 15.8. The van der Waals surface area contributed by atoms with Gasteiger partial charge in [-0.15, -0.1) is 0 Å². The van der Waals surface area contributed by atoms with E-state index in [2.05, 4.69) is 57.1 Å². The highest BCUT2D eigenvalue weighted by atomic mass is 16.5. The molecule has 19 heavy (non-hydrogen) atoms. The largest absolute Gasteiger partial charge is 0.495 e. The number of rotatable bonds is 7. The fraction of sp³-hybridized carbons (Fsp3) is 0.625. The van der Waals surface area contributed by atoms with Crippen LogP contribution in [0, 0.1) is 5.41 Å². The van der Waals surface area contributed by atoms with Crippen molar-refractivity contribution >= 4 is 5.69 Å². The van der Waals surface area contributed by atoms with Gasteiger partial charge >= 0.3 is 0 Å². The third-order valence-electron chi connectivity index (χ3n) is 3.82. The Morgan fingerprint density at radius 3 is 2.53 bits per heavy atom. The first-order chi connectivity index (χ1) is 8.92. The topological polar surface area (TPSA) is 24.5 Å². The Morgan fingerprint density at radius 1 is 1.32 bits per heavy atom. The molecule has 1 rings (SSSR count). The van der Waals surface area contributed by atoms with E-state index in [1.165, 1.54) is 0 Å². The summed E-state index contributed by atoms with van der Waals surface area (Å²) in [7, 11) is 3.84. The summed E-state index contributed by atoms with van der Waals surface area (Å²) < 4.78 is 5.43. The lowest BCUT2D eigenvalue weighted by atomic mass is 9.84. The van der Waals surface area contributed by atoms with E-state index in [1.54, 1.807) is 7.11 Å². The predicted molar refractivity (Wildman–Crippen MR) is 83.2 cm³/mol. The second-order valence-electron chi connectivity index (χ2n) is 5.80. The summed E-state index contributed by atoms with van der Waals surface area (Å²) in [4.78, 5) is 2.27. The molecule has 0 amide bonds. The van der Waals surface area contributed by atoms with Crippen molar-refractivity contribution in [3.05, 3.63) is 24.3 Å². The molecule has 0 aliphatic rings. The number of hydrogen-bond acceptors (Lipinski definition) is 3. The molecule has 1 aromatic carbocycles. The van der Waals surface area contributed by atoms with E-state index < -0.39 is 0 Å². The maximum absolute atomic E-state index is 5.43. The smallest absolute Gasteiger partial charge is 0.142 e. The molecule has 0 aromatic heterocycles. The van der Waals surface area contributed by atoms with Crippen molar-refractivity contribution in [1.29, 1.82) is 0 Å². The first-order valence-electron chi connectivity index (χ1n) is 7.00. The molecule has 0 radical (unpaired) electrons. The Bertz CT molecular complexity index is 390. The summed E-state index contributed by atoms with van der Waals surface area (Å²) in [5.41, 5.74) is 1.33. The van der Waals surface area contributed by atoms with Gasteiger partial charge < -0.3 is 15.0 Å². The van der Waals surface area contributed by atoms with Gasteiger partial charge in [0, 0.05) is 19.6 Å². The maximum Gasteiger partial charge on any atom is 0.142 e. The van der Waals surface area contributed by atoms with Crippen LogP contribution in [0.4, 0.5) is 5.69 Å². The molecule has 0 spiro atoms. The number of methoxy groups -OCH3 is 1. The minimum Gasteiger partial charge on any atom is -0.495 e. The molecule has 0 aliphatic carbocycles. The molecule has 3 heteroatoms. The molecule has 0 saturated carbocycles. The van der Waals surface area contributed by atoms with E-state index in [0.29, 0.717) is 6.04 Å². The fourth-order valence-electron chi connectivity index (χ4n) is 2.36. The average Bonchev–Trinajstić information content (AvgIpc) is 2.38. The monoisotopic (exact) mass is 264 g/mol. The summed E-state index contributed by atoms with van der Waals surface area (Å²) in [5, 5.41) is 3.51. The zero-order valence-corrected chi connectivity index (χ0v) is 13.2. The van der Waals surface area contributed by atoms with Gasteiger partial charge in [-0.05, 0) is 31.0 Å². The van der Waals surface area contributed by atoms with Gasteiger partial charge in [0.1, 0.15) is 5.75 Å². The van der Waals surface area contributed by atoms with Crippen LogP contribution in [0.3, 0.4) is 0 Å². The SMILES string of the molecule is CCNC(C)C(C)(C)CN(C)c1ccccc1OC. The second kappa shape index (κ2) is 6.80. The van der Waals surface area contributed by atoms with Crippen LogP contribution in [0.15, 0.2) is 24.3 Å². The van der Waals surface area contributed by atoms with Crippen molar-refractivity contribution in [3.8, 4) is 5.75 Å². The number of hydrogen-bond donors (Lipinski definition) is 1. The molecule has 0 aliphatic heterocycles. The van der Waals surface area contributed by atoms with Gasteiger partial charge in [-0.2, -0.15) is 0 Å². The van der Waals surface area contributed by atoms with Crippen molar-refractivity contribution in [2.24, 2.45) is 5.41 Å². The Kier molecular flexibility index (Phi) is 5.67. The van der Waals surface area contributed by atoms with Crippen LogP contribution in [-0.2, 0) is 0 Å². The molecule has 1 N–H and O–H groups in total. The number of anilines is 1. The minimum absolute atomic E-state index is 0.186.